The van der Waals surface area contributed by atoms with Crippen LogP contribution in [-0.2, 0) is 4.74 Å². The molecule has 0 saturated carbocycles. The van der Waals surface area contributed by atoms with Gasteiger partial charge in [-0.05, 0) is 18.2 Å². The Labute approximate surface area is 96.3 Å². The lowest BCUT2D eigenvalue weighted by Gasteiger charge is -2.01. The molecule has 0 fully saturated rings. The van der Waals surface area contributed by atoms with E-state index in [1.165, 1.54) is 25.4 Å². The first kappa shape index (κ1) is 10.9. The average Bonchev–Trinajstić information content (AvgIpc) is 2.38. The smallest absolute Gasteiger partial charge is 0.343 e. The summed E-state index contributed by atoms with van der Waals surface area (Å²) in [5.74, 6) is -0.683. The lowest BCUT2D eigenvalue weighted by Crippen LogP contribution is -2.16. The van der Waals surface area contributed by atoms with Gasteiger partial charge in [0.1, 0.15) is 5.56 Å². The summed E-state index contributed by atoms with van der Waals surface area (Å²) < 4.78 is 4.50. The van der Waals surface area contributed by atoms with Crippen LogP contribution >= 0.6 is 0 Å². The molecule has 2 rings (SSSR count). The van der Waals surface area contributed by atoms with Gasteiger partial charge >= 0.3 is 5.97 Å². The molecular weight excluding hydrogens is 220 g/mol. The number of methoxy groups -OCH3 is 1. The van der Waals surface area contributed by atoms with Crippen LogP contribution in [0.2, 0.25) is 0 Å². The number of carbonyl (C=O) groups excluding carboxylic acids is 1. The van der Waals surface area contributed by atoms with E-state index < -0.39 is 11.4 Å². The van der Waals surface area contributed by atoms with Crippen LogP contribution in [0.1, 0.15) is 15.9 Å². The highest BCUT2D eigenvalue weighted by Gasteiger charge is 2.12. The van der Waals surface area contributed by atoms with Gasteiger partial charge in [0.2, 0.25) is 5.43 Å². The fourth-order valence-electron chi connectivity index (χ4n) is 1.55. The summed E-state index contributed by atoms with van der Waals surface area (Å²) in [4.78, 5) is 26.0. The number of ether oxygens (including phenoxy) is 1. The fraction of sp³-hybridized carbons (Fsp3) is 0.0833. The van der Waals surface area contributed by atoms with E-state index >= 15 is 0 Å². The number of rotatable bonds is 1. The quantitative estimate of drug-likeness (QED) is 0.743. The summed E-state index contributed by atoms with van der Waals surface area (Å²) >= 11 is 0. The van der Waals surface area contributed by atoms with Crippen LogP contribution in [0.25, 0.3) is 10.9 Å². The van der Waals surface area contributed by atoms with Gasteiger partial charge in [-0.15, -0.1) is 0 Å². The second-order valence-electron chi connectivity index (χ2n) is 3.40. The molecule has 5 nitrogen and oxygen atoms in total. The van der Waals surface area contributed by atoms with Crippen LogP contribution in [0.5, 0.6) is 0 Å². The molecular formula is C12H8N2O3. The molecule has 17 heavy (non-hydrogen) atoms. The zero-order valence-electron chi connectivity index (χ0n) is 8.98. The van der Waals surface area contributed by atoms with Crippen molar-refractivity contribution >= 4 is 16.9 Å². The first-order chi connectivity index (χ1) is 8.17. The number of nitrogens with one attached hydrogen (secondary N) is 1. The molecule has 0 bridgehead atoms. The van der Waals surface area contributed by atoms with E-state index in [2.05, 4.69) is 9.72 Å². The first-order valence-electron chi connectivity index (χ1n) is 4.81. The number of benzene rings is 1. The summed E-state index contributed by atoms with van der Waals surface area (Å²) in [5, 5.41) is 9.08. The van der Waals surface area contributed by atoms with Crippen molar-refractivity contribution in [2.45, 2.75) is 0 Å². The second-order valence-corrected chi connectivity index (χ2v) is 3.40. The van der Waals surface area contributed by atoms with Gasteiger partial charge < -0.3 is 9.72 Å². The molecule has 1 N–H and O–H groups in total. The van der Waals surface area contributed by atoms with E-state index in [1.54, 1.807) is 6.07 Å². The number of carbonyl (C=O) groups is 1. The van der Waals surface area contributed by atoms with Gasteiger partial charge in [0.25, 0.3) is 0 Å². The van der Waals surface area contributed by atoms with Crippen molar-refractivity contribution in [1.29, 1.82) is 5.26 Å². The molecule has 1 aromatic carbocycles. The Hall–Kier alpha value is -2.61. The number of fused-ring (bicyclic) bond motifs is 1. The maximum Gasteiger partial charge on any atom is 0.343 e. The van der Waals surface area contributed by atoms with Crippen LogP contribution in [-0.4, -0.2) is 18.1 Å². The third-order valence-electron chi connectivity index (χ3n) is 2.42. The van der Waals surface area contributed by atoms with Crippen molar-refractivity contribution in [2.75, 3.05) is 7.11 Å². The predicted molar refractivity (Wildman–Crippen MR) is 60.6 cm³/mol. The normalized spacial score (nSPS) is 9.88. The number of pyridine rings is 1. The van der Waals surface area contributed by atoms with Crippen molar-refractivity contribution in [1.82, 2.24) is 4.98 Å². The number of nitrogens with zero attached hydrogens (tertiary/aromatic N) is 1. The van der Waals surface area contributed by atoms with Crippen molar-refractivity contribution < 1.29 is 9.53 Å². The molecule has 0 unspecified atom stereocenters. The van der Waals surface area contributed by atoms with Crippen LogP contribution in [0, 0.1) is 11.3 Å². The zero-order chi connectivity index (χ0) is 12.4. The number of hydrogen-bond donors (Lipinski definition) is 1. The molecule has 1 aromatic heterocycles. The highest BCUT2D eigenvalue weighted by atomic mass is 16.5. The van der Waals surface area contributed by atoms with Crippen LogP contribution in [0.4, 0.5) is 0 Å². The van der Waals surface area contributed by atoms with Gasteiger partial charge in [0.05, 0.1) is 24.3 Å². The fourth-order valence-corrected chi connectivity index (χ4v) is 1.55. The molecule has 1 heterocycles. The maximum absolute atomic E-state index is 11.9. The lowest BCUT2D eigenvalue weighted by atomic mass is 10.1. The largest absolute Gasteiger partial charge is 0.465 e. The number of H-pyrrole nitrogens is 1. The Morgan fingerprint density at radius 2 is 2.24 bits per heavy atom. The zero-order valence-corrected chi connectivity index (χ0v) is 8.98. The summed E-state index contributed by atoms with van der Waals surface area (Å²) in [6, 6.07) is 6.57. The highest BCUT2D eigenvalue weighted by molar-refractivity contribution is 5.93. The van der Waals surface area contributed by atoms with E-state index in [-0.39, 0.29) is 5.56 Å². The minimum atomic E-state index is -0.683. The Bertz CT molecular complexity index is 695. The average molecular weight is 228 g/mol. The van der Waals surface area contributed by atoms with E-state index in [0.29, 0.717) is 16.5 Å². The van der Waals surface area contributed by atoms with Crippen molar-refractivity contribution in [3.05, 3.63) is 45.7 Å². The highest BCUT2D eigenvalue weighted by Crippen LogP contribution is 2.10. The Morgan fingerprint density at radius 1 is 1.47 bits per heavy atom. The topological polar surface area (TPSA) is 82.9 Å². The molecule has 0 aliphatic carbocycles. The minimum absolute atomic E-state index is 0.0512. The summed E-state index contributed by atoms with van der Waals surface area (Å²) in [6.07, 6.45) is 1.29. The summed E-state index contributed by atoms with van der Waals surface area (Å²) in [7, 11) is 1.21. The number of esters is 1. The minimum Gasteiger partial charge on any atom is -0.465 e. The number of hydrogen-bond acceptors (Lipinski definition) is 4. The van der Waals surface area contributed by atoms with Gasteiger partial charge in [-0.1, -0.05) is 0 Å². The molecule has 0 aliphatic rings. The number of aromatic nitrogens is 1. The van der Waals surface area contributed by atoms with Crippen LogP contribution in [0.15, 0.2) is 29.2 Å². The van der Waals surface area contributed by atoms with Crippen LogP contribution in [0.3, 0.4) is 0 Å². The summed E-state index contributed by atoms with van der Waals surface area (Å²) in [6.45, 7) is 0. The standard InChI is InChI=1S/C12H8N2O3/c1-17-12(16)9-6-14-10-4-7(5-13)2-3-8(10)11(9)15/h2-4,6H,1H3,(H,14,15). The molecule has 5 heteroatoms. The molecule has 0 saturated heterocycles. The van der Waals surface area contributed by atoms with Crippen molar-refractivity contribution in [3.8, 4) is 6.07 Å². The molecule has 0 atom stereocenters. The SMILES string of the molecule is COC(=O)c1c[nH]c2cc(C#N)ccc2c1=O. The van der Waals surface area contributed by atoms with E-state index in [4.69, 9.17) is 5.26 Å². The first-order valence-corrected chi connectivity index (χ1v) is 4.81. The van der Waals surface area contributed by atoms with Crippen molar-refractivity contribution in [3.63, 3.8) is 0 Å². The van der Waals surface area contributed by atoms with Gasteiger partial charge in [-0.2, -0.15) is 5.26 Å². The molecule has 0 spiro atoms. The Kier molecular flexibility index (Phi) is 2.63. The molecule has 0 aliphatic heterocycles. The number of nitriles is 1. The molecule has 2 aromatic rings. The number of aromatic amines is 1. The van der Waals surface area contributed by atoms with E-state index in [0.717, 1.165) is 0 Å². The molecule has 0 radical (unpaired) electrons. The predicted octanol–water partition coefficient (Wildman–Crippen LogP) is 1.19. The van der Waals surface area contributed by atoms with Gasteiger partial charge in [0.15, 0.2) is 0 Å². The molecule has 84 valence electrons. The van der Waals surface area contributed by atoms with Crippen LogP contribution < -0.4 is 5.43 Å². The van der Waals surface area contributed by atoms with Crippen molar-refractivity contribution in [2.24, 2.45) is 0 Å². The van der Waals surface area contributed by atoms with Gasteiger partial charge in [0, 0.05) is 11.6 Å². The second kappa shape index (κ2) is 4.10. The Balaban J connectivity index is 2.74. The third kappa shape index (κ3) is 1.76. The van der Waals surface area contributed by atoms with E-state index in [9.17, 15) is 9.59 Å². The Morgan fingerprint density at radius 3 is 2.88 bits per heavy atom. The van der Waals surface area contributed by atoms with Gasteiger partial charge in [-0.3, -0.25) is 4.79 Å². The van der Waals surface area contributed by atoms with E-state index in [1.807, 2.05) is 6.07 Å². The van der Waals surface area contributed by atoms with Gasteiger partial charge in [-0.25, -0.2) is 4.79 Å². The summed E-state index contributed by atoms with van der Waals surface area (Å²) in [5.41, 5.74) is 0.500. The maximum atomic E-state index is 11.9. The third-order valence-corrected chi connectivity index (χ3v) is 2.42. The monoisotopic (exact) mass is 228 g/mol. The lowest BCUT2D eigenvalue weighted by molar-refractivity contribution is 0.0599. The molecule has 0 amide bonds.